The van der Waals surface area contributed by atoms with Gasteiger partial charge in [0.25, 0.3) is 5.91 Å². The van der Waals surface area contributed by atoms with Crippen molar-refractivity contribution in [3.8, 4) is 0 Å². The molecule has 1 N–H and O–H groups in total. The lowest BCUT2D eigenvalue weighted by Gasteiger charge is -2.08. The van der Waals surface area contributed by atoms with Crippen molar-refractivity contribution in [1.82, 2.24) is 4.98 Å². The van der Waals surface area contributed by atoms with Crippen LogP contribution >= 0.6 is 0 Å². The Balaban J connectivity index is 2.08. The number of pyridine rings is 1. The van der Waals surface area contributed by atoms with Gasteiger partial charge in [-0.1, -0.05) is 0 Å². The Morgan fingerprint density at radius 2 is 1.65 bits per heavy atom. The van der Waals surface area contributed by atoms with Gasteiger partial charge < -0.3 is 10.1 Å². The van der Waals surface area contributed by atoms with E-state index in [1.807, 2.05) is 0 Å². The number of rotatable bonds is 3. The number of carbonyl (C=O) groups is 2. The van der Waals surface area contributed by atoms with Crippen LogP contribution in [0.15, 0.2) is 42.6 Å². The zero-order chi connectivity index (χ0) is 17.0. The third-order valence-corrected chi connectivity index (χ3v) is 2.90. The second-order valence-corrected chi connectivity index (χ2v) is 4.45. The Hall–Kier alpha value is -2.90. The van der Waals surface area contributed by atoms with Gasteiger partial charge in [0.05, 0.1) is 18.2 Å². The summed E-state index contributed by atoms with van der Waals surface area (Å²) < 4.78 is 41.9. The number of hydrogen-bond acceptors (Lipinski definition) is 4. The van der Waals surface area contributed by atoms with Crippen molar-refractivity contribution in [3.63, 3.8) is 0 Å². The van der Waals surface area contributed by atoms with E-state index in [1.54, 1.807) is 0 Å². The number of hydrogen-bond donors (Lipinski definition) is 1. The Kier molecular flexibility index (Phi) is 4.63. The van der Waals surface area contributed by atoms with Crippen LogP contribution in [0.3, 0.4) is 0 Å². The first-order valence-electron chi connectivity index (χ1n) is 6.34. The molecule has 0 saturated heterocycles. The first kappa shape index (κ1) is 16.5. The van der Waals surface area contributed by atoms with E-state index in [4.69, 9.17) is 0 Å². The molecule has 2 rings (SSSR count). The first-order valence-corrected chi connectivity index (χ1v) is 6.34. The van der Waals surface area contributed by atoms with E-state index in [0.717, 1.165) is 24.3 Å². The van der Waals surface area contributed by atoms with Crippen LogP contribution in [0.4, 0.5) is 19.0 Å². The number of benzene rings is 1. The summed E-state index contributed by atoms with van der Waals surface area (Å²) in [6.45, 7) is 0. The average Bonchev–Trinajstić information content (AvgIpc) is 2.54. The zero-order valence-electron chi connectivity index (χ0n) is 11.8. The molecule has 0 saturated carbocycles. The number of ether oxygens (including phenoxy) is 1. The largest absolute Gasteiger partial charge is 0.465 e. The highest BCUT2D eigenvalue weighted by Gasteiger charge is 2.30. The van der Waals surface area contributed by atoms with Gasteiger partial charge in [-0.3, -0.25) is 4.79 Å². The summed E-state index contributed by atoms with van der Waals surface area (Å²) in [6.07, 6.45) is -3.24. The number of alkyl halides is 3. The molecule has 5 nitrogen and oxygen atoms in total. The highest BCUT2D eigenvalue weighted by atomic mass is 19.4. The lowest BCUT2D eigenvalue weighted by Crippen LogP contribution is -2.14. The summed E-state index contributed by atoms with van der Waals surface area (Å²) in [7, 11) is 1.22. The number of nitrogens with zero attached hydrogens (tertiary/aromatic N) is 1. The van der Waals surface area contributed by atoms with Gasteiger partial charge in [-0.25, -0.2) is 9.78 Å². The quantitative estimate of drug-likeness (QED) is 0.881. The van der Waals surface area contributed by atoms with Crippen molar-refractivity contribution >= 4 is 17.7 Å². The molecule has 0 aliphatic heterocycles. The van der Waals surface area contributed by atoms with E-state index in [-0.39, 0.29) is 16.9 Å². The van der Waals surface area contributed by atoms with Crippen molar-refractivity contribution in [2.75, 3.05) is 12.4 Å². The number of nitrogens with one attached hydrogen (secondary N) is 1. The number of carbonyl (C=O) groups excluding carboxylic acids is 2. The first-order chi connectivity index (χ1) is 10.8. The molecule has 1 amide bonds. The maximum atomic E-state index is 12.5. The second-order valence-electron chi connectivity index (χ2n) is 4.45. The summed E-state index contributed by atoms with van der Waals surface area (Å²) in [4.78, 5) is 27.0. The van der Waals surface area contributed by atoms with Gasteiger partial charge in [0.1, 0.15) is 5.82 Å². The SMILES string of the molecule is COC(=O)c1ccc(NC(=O)c2ccc(C(F)(F)F)cc2)nc1. The number of esters is 1. The normalized spacial score (nSPS) is 11.0. The molecule has 0 fully saturated rings. The molecular formula is C15H11F3N2O3. The van der Waals surface area contributed by atoms with E-state index in [2.05, 4.69) is 15.0 Å². The van der Waals surface area contributed by atoms with Crippen LogP contribution in [-0.2, 0) is 10.9 Å². The van der Waals surface area contributed by atoms with Crippen LogP contribution in [-0.4, -0.2) is 24.0 Å². The van der Waals surface area contributed by atoms with E-state index < -0.39 is 23.6 Å². The summed E-state index contributed by atoms with van der Waals surface area (Å²) in [5.41, 5.74) is -0.577. The van der Waals surface area contributed by atoms with Gasteiger partial charge in [0, 0.05) is 11.8 Å². The lowest BCUT2D eigenvalue weighted by molar-refractivity contribution is -0.137. The Labute approximate surface area is 129 Å². The smallest absolute Gasteiger partial charge is 0.416 e. The van der Waals surface area contributed by atoms with Crippen molar-refractivity contribution in [3.05, 3.63) is 59.3 Å². The van der Waals surface area contributed by atoms with Crippen LogP contribution in [0.1, 0.15) is 26.3 Å². The molecule has 0 atom stereocenters. The molecule has 0 radical (unpaired) electrons. The molecule has 2 aromatic rings. The maximum Gasteiger partial charge on any atom is 0.416 e. The monoisotopic (exact) mass is 324 g/mol. The minimum Gasteiger partial charge on any atom is -0.465 e. The van der Waals surface area contributed by atoms with Gasteiger partial charge in [-0.05, 0) is 36.4 Å². The summed E-state index contributed by atoms with van der Waals surface area (Å²) in [5.74, 6) is -1.03. The molecule has 0 aliphatic rings. The zero-order valence-corrected chi connectivity index (χ0v) is 11.8. The Bertz CT molecular complexity index is 710. The van der Waals surface area contributed by atoms with Crippen LogP contribution in [0.25, 0.3) is 0 Å². The van der Waals surface area contributed by atoms with Crippen molar-refractivity contribution < 1.29 is 27.5 Å². The van der Waals surface area contributed by atoms with Crippen molar-refractivity contribution in [2.24, 2.45) is 0 Å². The third kappa shape index (κ3) is 4.06. The van der Waals surface area contributed by atoms with Crippen LogP contribution in [0, 0.1) is 0 Å². The van der Waals surface area contributed by atoms with Gasteiger partial charge in [-0.15, -0.1) is 0 Å². The summed E-state index contributed by atoms with van der Waals surface area (Å²) >= 11 is 0. The molecule has 0 bridgehead atoms. The Morgan fingerprint density at radius 1 is 1.04 bits per heavy atom. The molecule has 23 heavy (non-hydrogen) atoms. The average molecular weight is 324 g/mol. The fourth-order valence-corrected chi connectivity index (χ4v) is 1.71. The van der Waals surface area contributed by atoms with Gasteiger partial charge in [-0.2, -0.15) is 13.2 Å². The van der Waals surface area contributed by atoms with E-state index in [0.29, 0.717) is 0 Å². The molecule has 0 aliphatic carbocycles. The predicted molar refractivity (Wildman–Crippen MR) is 75.0 cm³/mol. The fourth-order valence-electron chi connectivity index (χ4n) is 1.71. The van der Waals surface area contributed by atoms with E-state index in [9.17, 15) is 22.8 Å². The lowest BCUT2D eigenvalue weighted by atomic mass is 10.1. The highest BCUT2D eigenvalue weighted by Crippen LogP contribution is 2.29. The predicted octanol–water partition coefficient (Wildman–Crippen LogP) is 3.14. The number of amides is 1. The topological polar surface area (TPSA) is 68.3 Å². The molecule has 1 aromatic heterocycles. The van der Waals surface area contributed by atoms with Crippen molar-refractivity contribution in [2.45, 2.75) is 6.18 Å². The maximum absolute atomic E-state index is 12.5. The van der Waals surface area contributed by atoms with E-state index >= 15 is 0 Å². The molecule has 0 unspecified atom stereocenters. The second kappa shape index (κ2) is 6.47. The number of aromatic nitrogens is 1. The fraction of sp³-hybridized carbons (Fsp3) is 0.133. The number of methoxy groups -OCH3 is 1. The molecule has 1 aromatic carbocycles. The molecule has 1 heterocycles. The van der Waals surface area contributed by atoms with Crippen LogP contribution < -0.4 is 5.32 Å². The molecule has 0 spiro atoms. The molecule has 120 valence electrons. The molecular weight excluding hydrogens is 313 g/mol. The van der Waals surface area contributed by atoms with E-state index in [1.165, 1.54) is 25.4 Å². The van der Waals surface area contributed by atoms with Gasteiger partial charge in [0.15, 0.2) is 0 Å². The summed E-state index contributed by atoms with van der Waals surface area (Å²) in [6, 6.07) is 6.57. The number of halogens is 3. The van der Waals surface area contributed by atoms with Gasteiger partial charge >= 0.3 is 12.1 Å². The molecule has 8 heteroatoms. The highest BCUT2D eigenvalue weighted by molar-refractivity contribution is 6.03. The van der Waals surface area contributed by atoms with Crippen LogP contribution in [0.2, 0.25) is 0 Å². The minimum atomic E-state index is -4.46. The van der Waals surface area contributed by atoms with Crippen molar-refractivity contribution in [1.29, 1.82) is 0 Å². The summed E-state index contributed by atoms with van der Waals surface area (Å²) in [5, 5.41) is 2.42. The third-order valence-electron chi connectivity index (χ3n) is 2.90. The number of anilines is 1. The van der Waals surface area contributed by atoms with Gasteiger partial charge in [0.2, 0.25) is 0 Å². The minimum absolute atomic E-state index is 0.0526. The van der Waals surface area contributed by atoms with Crippen LogP contribution in [0.5, 0.6) is 0 Å². The Morgan fingerprint density at radius 3 is 2.13 bits per heavy atom. The standard InChI is InChI=1S/C15H11F3N2O3/c1-23-14(22)10-4-7-12(19-8-10)20-13(21)9-2-5-11(6-3-9)15(16,17)18/h2-8H,1H3,(H,19,20,21).